The highest BCUT2D eigenvalue weighted by molar-refractivity contribution is 5.84. The molecule has 0 radical (unpaired) electrons. The predicted molar refractivity (Wildman–Crippen MR) is 361 cm³/mol. The van der Waals surface area contributed by atoms with Crippen LogP contribution in [0.4, 0.5) is 62.6 Å². The molecule has 87 heavy (non-hydrogen) atoms. The molecule has 12 rings (SSSR count). The van der Waals surface area contributed by atoms with Gasteiger partial charge in [0, 0.05) is 74.2 Å². The lowest BCUT2D eigenvalue weighted by Gasteiger charge is -2.32. The Morgan fingerprint density at radius 3 is 0.724 bits per heavy atom. The Morgan fingerprint density at radius 2 is 0.483 bits per heavy atom. The van der Waals surface area contributed by atoms with E-state index in [-0.39, 0.29) is 11.8 Å². The summed E-state index contributed by atoms with van der Waals surface area (Å²) in [6.45, 7) is 6.55. The highest BCUT2D eigenvalue weighted by Gasteiger charge is 2.25. The smallest absolute Gasteiger partial charge is 0.119 e. The van der Waals surface area contributed by atoms with Gasteiger partial charge in [-0.3, -0.25) is 0 Å². The molecule has 2 atom stereocenters. The largest absolute Gasteiger partial charge is 0.497 e. The molecule has 0 aliphatic heterocycles. The van der Waals surface area contributed by atoms with Crippen molar-refractivity contribution in [3.8, 4) is 45.3 Å². The van der Waals surface area contributed by atoms with Crippen LogP contribution in [0.2, 0.25) is 0 Å². The van der Waals surface area contributed by atoms with Gasteiger partial charge in [-0.2, -0.15) is 0 Å². The van der Waals surface area contributed by atoms with Crippen LogP contribution < -0.4 is 38.5 Å². The van der Waals surface area contributed by atoms with Crippen molar-refractivity contribution in [2.75, 3.05) is 48.0 Å². The monoisotopic (exact) mass is 1140 g/mol. The normalized spacial score (nSPS) is 13.5. The molecule has 8 heteroatoms. The summed E-state index contributed by atoms with van der Waals surface area (Å²) in [5.41, 5.74) is 20.9. The first-order valence-electron chi connectivity index (χ1n) is 29.4. The van der Waals surface area contributed by atoms with E-state index in [1.165, 1.54) is 16.7 Å². The molecule has 11 aromatic rings. The minimum absolute atomic E-state index is 0.201. The van der Waals surface area contributed by atoms with Gasteiger partial charge in [-0.15, -0.1) is 0 Å². The molecule has 430 valence electrons. The average molecular weight is 1140 g/mol. The van der Waals surface area contributed by atoms with E-state index in [9.17, 15) is 0 Å². The fourth-order valence-corrected chi connectivity index (χ4v) is 11.5. The minimum atomic E-state index is 0.201. The molecular formula is C79H70N4O4. The zero-order valence-corrected chi connectivity index (χ0v) is 50.2. The topological polar surface area (TPSA) is 49.9 Å². The van der Waals surface area contributed by atoms with Crippen LogP contribution in [-0.2, 0) is 0 Å². The third-order valence-electron chi connectivity index (χ3n) is 16.3. The first-order chi connectivity index (χ1) is 42.6. The van der Waals surface area contributed by atoms with E-state index in [2.05, 4.69) is 277 Å². The van der Waals surface area contributed by atoms with Crippen molar-refractivity contribution < 1.29 is 18.9 Å². The van der Waals surface area contributed by atoms with Crippen molar-refractivity contribution in [2.24, 2.45) is 5.92 Å². The SMILES string of the molecule is COc1ccc(N(C2=CC(C)C(c3ccc(N(c4ccc(OC)cc4)c4ccc(-c5ccc(N(c6ccc(OC)cc6)c6ccc(-c7ccc(N(c8ccc(C)cc8)c8ccc(OC)cc8)cc7)cc6)cc5)cc4)cc3)C=C2)c2ccc(C)cc2)cc1. The van der Waals surface area contributed by atoms with Gasteiger partial charge in [-0.1, -0.05) is 115 Å². The first kappa shape index (κ1) is 56.8. The standard InChI is InChI=1S/C79H70N4O4/c1-55-8-22-63(23-9-55)80(70-36-45-75(84-4)46-37-70)65-26-12-58(13-27-65)59-14-28-66(29-15-59)81(71-38-47-76(85-5)48-39-71)67-30-16-60(17-31-67)61-18-32-68(33-19-61)82(72-40-49-77(86-6)50-41-72)69-34-20-62(21-35-69)79-53-44-74(54-57(79)3)83(64-24-10-56(2)11-25-64)73-42-51-78(87-7)52-43-73/h8-54,57,79H,1-7H3. The quantitative estimate of drug-likeness (QED) is 0.0794. The number of anilines is 11. The van der Waals surface area contributed by atoms with Gasteiger partial charge in [0.1, 0.15) is 23.0 Å². The summed E-state index contributed by atoms with van der Waals surface area (Å²) in [5.74, 6) is 3.71. The van der Waals surface area contributed by atoms with Gasteiger partial charge in [0.25, 0.3) is 0 Å². The van der Waals surface area contributed by atoms with Crippen molar-refractivity contribution in [2.45, 2.75) is 26.7 Å². The van der Waals surface area contributed by atoms with Gasteiger partial charge in [0.05, 0.1) is 28.4 Å². The van der Waals surface area contributed by atoms with Gasteiger partial charge in [-0.25, -0.2) is 0 Å². The zero-order chi connectivity index (χ0) is 59.8. The summed E-state index contributed by atoms with van der Waals surface area (Å²) in [6, 6.07) is 94.6. The fraction of sp³-hybridized carbons (Fsp3) is 0.114. The Bertz CT molecular complexity index is 4110. The molecular weight excluding hydrogens is 1070 g/mol. The second-order valence-electron chi connectivity index (χ2n) is 21.9. The van der Waals surface area contributed by atoms with Crippen LogP contribution in [-0.4, -0.2) is 28.4 Å². The van der Waals surface area contributed by atoms with Crippen LogP contribution in [0.15, 0.2) is 291 Å². The van der Waals surface area contributed by atoms with Gasteiger partial charge in [-0.05, 0) is 236 Å². The maximum atomic E-state index is 5.60. The summed E-state index contributed by atoms with van der Waals surface area (Å²) in [4.78, 5) is 9.18. The van der Waals surface area contributed by atoms with Crippen LogP contribution in [0, 0.1) is 19.8 Å². The van der Waals surface area contributed by atoms with Gasteiger partial charge in [0.2, 0.25) is 0 Å². The van der Waals surface area contributed by atoms with Gasteiger partial charge in [0.15, 0.2) is 0 Å². The van der Waals surface area contributed by atoms with Crippen molar-refractivity contribution in [3.05, 3.63) is 308 Å². The Hall–Kier alpha value is -10.7. The van der Waals surface area contributed by atoms with Crippen LogP contribution in [0.25, 0.3) is 22.3 Å². The van der Waals surface area contributed by atoms with Crippen LogP contribution in [0.1, 0.15) is 29.5 Å². The highest BCUT2D eigenvalue weighted by Crippen LogP contribution is 2.44. The van der Waals surface area contributed by atoms with Gasteiger partial charge >= 0.3 is 0 Å². The van der Waals surface area contributed by atoms with Gasteiger partial charge < -0.3 is 38.5 Å². The summed E-state index contributed by atoms with van der Waals surface area (Å²) in [7, 11) is 6.80. The second kappa shape index (κ2) is 25.7. The number of nitrogens with zero attached hydrogens (tertiary/aromatic N) is 4. The Morgan fingerprint density at radius 1 is 0.264 bits per heavy atom. The second-order valence-corrected chi connectivity index (χ2v) is 21.9. The van der Waals surface area contributed by atoms with E-state index in [1.54, 1.807) is 28.4 Å². The summed E-state index contributed by atoms with van der Waals surface area (Å²) >= 11 is 0. The molecule has 2 unspecified atom stereocenters. The van der Waals surface area contributed by atoms with E-state index < -0.39 is 0 Å². The van der Waals surface area contributed by atoms with Crippen molar-refractivity contribution in [3.63, 3.8) is 0 Å². The number of benzene rings is 11. The van der Waals surface area contributed by atoms with Crippen molar-refractivity contribution in [1.29, 1.82) is 0 Å². The van der Waals surface area contributed by atoms with Crippen molar-refractivity contribution >= 4 is 62.6 Å². The Balaban J connectivity index is 0.784. The summed E-state index contributed by atoms with van der Waals surface area (Å²) in [6.07, 6.45) is 7.01. The van der Waals surface area contributed by atoms with E-state index in [0.717, 1.165) is 114 Å². The molecule has 0 amide bonds. The molecule has 1 aliphatic rings. The number of allylic oxidation sites excluding steroid dienone is 3. The molecule has 0 spiro atoms. The molecule has 8 nitrogen and oxygen atoms in total. The molecule has 11 aromatic carbocycles. The minimum Gasteiger partial charge on any atom is -0.497 e. The number of hydrogen-bond donors (Lipinski definition) is 0. The molecule has 0 heterocycles. The molecule has 0 bridgehead atoms. The summed E-state index contributed by atoms with van der Waals surface area (Å²) in [5, 5.41) is 0. The average Bonchev–Trinajstić information content (AvgIpc) is 2.69. The lowest BCUT2D eigenvalue weighted by Crippen LogP contribution is -2.20. The maximum absolute atomic E-state index is 5.60. The lowest BCUT2D eigenvalue weighted by atomic mass is 9.83. The van der Waals surface area contributed by atoms with Crippen molar-refractivity contribution in [1.82, 2.24) is 0 Å². The molecule has 0 saturated carbocycles. The molecule has 0 saturated heterocycles. The predicted octanol–water partition coefficient (Wildman–Crippen LogP) is 21.1. The van der Waals surface area contributed by atoms with Crippen LogP contribution in [0.5, 0.6) is 23.0 Å². The Kier molecular flexibility index (Phi) is 16.7. The summed E-state index contributed by atoms with van der Waals surface area (Å²) < 4.78 is 22.2. The zero-order valence-electron chi connectivity index (χ0n) is 50.2. The third kappa shape index (κ3) is 12.4. The maximum Gasteiger partial charge on any atom is 0.119 e. The van der Waals surface area contributed by atoms with Crippen LogP contribution in [0.3, 0.4) is 0 Å². The number of aryl methyl sites for hydroxylation is 2. The lowest BCUT2D eigenvalue weighted by molar-refractivity contribution is 0.414. The fourth-order valence-electron chi connectivity index (χ4n) is 11.5. The van der Waals surface area contributed by atoms with E-state index in [4.69, 9.17) is 18.9 Å². The Labute approximate surface area is 512 Å². The molecule has 0 fully saturated rings. The number of ether oxygens (including phenoxy) is 4. The van der Waals surface area contributed by atoms with E-state index in [1.807, 2.05) is 48.5 Å². The van der Waals surface area contributed by atoms with E-state index >= 15 is 0 Å². The molecule has 1 aliphatic carbocycles. The van der Waals surface area contributed by atoms with E-state index in [0.29, 0.717) is 0 Å². The molecule has 0 N–H and O–H groups in total. The number of methoxy groups -OCH3 is 4. The number of rotatable bonds is 19. The van der Waals surface area contributed by atoms with Crippen LogP contribution >= 0.6 is 0 Å². The molecule has 0 aromatic heterocycles. The third-order valence-corrected chi connectivity index (χ3v) is 16.3. The highest BCUT2D eigenvalue weighted by atomic mass is 16.5. The first-order valence-corrected chi connectivity index (χ1v) is 29.4. The number of hydrogen-bond acceptors (Lipinski definition) is 8.